The smallest absolute Gasteiger partial charge is 0.410 e. The van der Waals surface area contributed by atoms with Gasteiger partial charge in [-0.25, -0.2) is 18.8 Å². The van der Waals surface area contributed by atoms with Gasteiger partial charge in [0.15, 0.2) is 0 Å². The van der Waals surface area contributed by atoms with Gasteiger partial charge in [0.05, 0.1) is 6.54 Å². The second kappa shape index (κ2) is 13.0. The highest BCUT2D eigenvalue weighted by Crippen LogP contribution is 2.45. The van der Waals surface area contributed by atoms with Crippen LogP contribution in [0.5, 0.6) is 0 Å². The van der Waals surface area contributed by atoms with Gasteiger partial charge in [0, 0.05) is 25.4 Å². The van der Waals surface area contributed by atoms with Gasteiger partial charge in [-0.1, -0.05) is 49.3 Å². The molecule has 0 bridgehead atoms. The van der Waals surface area contributed by atoms with E-state index in [9.17, 15) is 33.5 Å². The van der Waals surface area contributed by atoms with Crippen LogP contribution in [0.25, 0.3) is 0 Å². The normalized spacial score (nSPS) is 29.6. The van der Waals surface area contributed by atoms with Gasteiger partial charge in [-0.15, -0.1) is 0 Å². The number of halogens is 1. The molecule has 1 saturated heterocycles. The minimum atomic E-state index is -1.48. The molecule has 0 radical (unpaired) electrons. The Labute approximate surface area is 248 Å². The van der Waals surface area contributed by atoms with Crippen molar-refractivity contribution in [2.75, 3.05) is 19.8 Å². The van der Waals surface area contributed by atoms with E-state index in [0.29, 0.717) is 25.9 Å². The number of nitrogens with one attached hydrogen (secondary N) is 2. The van der Waals surface area contributed by atoms with Crippen LogP contribution in [0, 0.1) is 5.92 Å². The van der Waals surface area contributed by atoms with E-state index in [1.165, 1.54) is 9.80 Å². The number of alkyl halides is 1. The van der Waals surface area contributed by atoms with Crippen LogP contribution in [-0.2, 0) is 36.9 Å². The van der Waals surface area contributed by atoms with Crippen molar-refractivity contribution in [1.82, 2.24) is 20.4 Å². The number of hydrogen-bond donors (Lipinski definition) is 3. The van der Waals surface area contributed by atoms with Gasteiger partial charge < -0.3 is 30.1 Å². The summed E-state index contributed by atoms with van der Waals surface area (Å²) < 4.78 is 23.1. The first kappa shape index (κ1) is 30.3. The lowest BCUT2D eigenvalue weighted by atomic mass is 10.1. The van der Waals surface area contributed by atoms with Crippen molar-refractivity contribution < 1.29 is 42.9 Å². The molecule has 5 rings (SSSR count). The highest BCUT2D eigenvalue weighted by atomic mass is 19.1. The van der Waals surface area contributed by atoms with E-state index < -0.39 is 67.0 Å². The van der Waals surface area contributed by atoms with Crippen LogP contribution < -0.4 is 10.6 Å². The lowest BCUT2D eigenvalue weighted by molar-refractivity contribution is -0.145. The van der Waals surface area contributed by atoms with Crippen molar-refractivity contribution in [1.29, 1.82) is 0 Å². The Hall–Kier alpha value is -4.16. The van der Waals surface area contributed by atoms with Crippen LogP contribution in [0.15, 0.2) is 36.4 Å². The van der Waals surface area contributed by atoms with Gasteiger partial charge in [-0.2, -0.15) is 0 Å². The first-order valence-corrected chi connectivity index (χ1v) is 14.8. The molecule has 12 nitrogen and oxygen atoms in total. The lowest BCUT2D eigenvalue weighted by Gasteiger charge is -2.29. The summed E-state index contributed by atoms with van der Waals surface area (Å²) in [6.45, 7) is -0.723. The van der Waals surface area contributed by atoms with Crippen molar-refractivity contribution in [3.05, 3.63) is 47.5 Å². The van der Waals surface area contributed by atoms with E-state index in [1.807, 2.05) is 36.4 Å². The number of rotatable bonds is 5. The maximum absolute atomic E-state index is 13.9. The molecule has 5 atom stereocenters. The van der Waals surface area contributed by atoms with Gasteiger partial charge in [-0.3, -0.25) is 14.5 Å². The largest absolute Gasteiger partial charge is 0.479 e. The molecule has 1 aromatic rings. The second-order valence-corrected chi connectivity index (χ2v) is 11.5. The Morgan fingerprint density at radius 1 is 1.12 bits per heavy atom. The summed E-state index contributed by atoms with van der Waals surface area (Å²) in [5.41, 5.74) is 0.536. The first-order valence-electron chi connectivity index (χ1n) is 14.8. The predicted molar refractivity (Wildman–Crippen MR) is 149 cm³/mol. The number of nitrogens with zero attached hydrogens (tertiary/aromatic N) is 2. The highest BCUT2D eigenvalue weighted by Gasteiger charge is 2.61. The number of aliphatic carboxylic acids is 1. The van der Waals surface area contributed by atoms with Crippen molar-refractivity contribution in [2.24, 2.45) is 5.92 Å². The minimum absolute atomic E-state index is 0.0423. The van der Waals surface area contributed by atoms with Gasteiger partial charge in [-0.05, 0) is 36.8 Å². The molecule has 3 N–H and O–H groups in total. The maximum Gasteiger partial charge on any atom is 0.410 e. The minimum Gasteiger partial charge on any atom is -0.479 e. The monoisotopic (exact) mass is 600 g/mol. The zero-order chi connectivity index (χ0) is 30.6. The summed E-state index contributed by atoms with van der Waals surface area (Å²) in [5, 5.41) is 15.2. The molecule has 43 heavy (non-hydrogen) atoms. The van der Waals surface area contributed by atoms with Crippen LogP contribution in [0.1, 0.15) is 56.1 Å². The molecular weight excluding hydrogens is 563 g/mol. The third kappa shape index (κ3) is 6.75. The molecule has 3 heterocycles. The molecular formula is C30H37FN4O8. The molecule has 1 aromatic carbocycles. The van der Waals surface area contributed by atoms with E-state index >= 15 is 0 Å². The number of carboxylic acid groups (broad SMARTS) is 1. The second-order valence-electron chi connectivity index (χ2n) is 11.5. The number of ether oxygens (including phenoxy) is 2. The average Bonchev–Trinajstić information content (AvgIpc) is 3.30. The SMILES string of the molecule is O=C(N[C@H]1CCCCC/C=C\[C@H]2C[C@@]2(C(=O)O)NC(=O)[C@@H]2C[C@@H](OC(=O)N3Cc4ccccc4C3)CN2C1=O)OCCF. The van der Waals surface area contributed by atoms with Crippen molar-refractivity contribution in [3.8, 4) is 0 Å². The Balaban J connectivity index is 1.35. The van der Waals surface area contributed by atoms with Crippen molar-refractivity contribution in [3.63, 3.8) is 0 Å². The molecule has 4 amide bonds. The number of benzene rings is 1. The zero-order valence-corrected chi connectivity index (χ0v) is 23.8. The molecule has 1 aliphatic carbocycles. The number of hydrogen-bond acceptors (Lipinski definition) is 7. The maximum atomic E-state index is 13.9. The molecule has 1 saturated carbocycles. The van der Waals surface area contributed by atoms with Gasteiger partial charge in [0.25, 0.3) is 0 Å². The van der Waals surface area contributed by atoms with E-state index in [0.717, 1.165) is 24.0 Å². The van der Waals surface area contributed by atoms with E-state index in [4.69, 9.17) is 9.47 Å². The summed E-state index contributed by atoms with van der Waals surface area (Å²) in [6, 6.07) is 5.43. The summed E-state index contributed by atoms with van der Waals surface area (Å²) in [6.07, 6.45) is 4.57. The fourth-order valence-corrected chi connectivity index (χ4v) is 6.14. The number of alkyl carbamates (subject to hydrolysis) is 1. The first-order chi connectivity index (χ1) is 20.7. The highest BCUT2D eigenvalue weighted by molar-refractivity contribution is 5.96. The third-order valence-corrected chi connectivity index (χ3v) is 8.59. The zero-order valence-electron chi connectivity index (χ0n) is 23.8. The molecule has 0 unspecified atom stereocenters. The fraction of sp³-hybridized carbons (Fsp3) is 0.567. The Kier molecular flexibility index (Phi) is 9.16. The quantitative estimate of drug-likeness (QED) is 0.436. The molecule has 3 aliphatic heterocycles. The van der Waals surface area contributed by atoms with E-state index in [1.54, 1.807) is 0 Å². The number of carboxylic acids is 1. The molecule has 0 spiro atoms. The Morgan fingerprint density at radius 3 is 2.56 bits per heavy atom. The summed E-state index contributed by atoms with van der Waals surface area (Å²) >= 11 is 0. The average molecular weight is 601 g/mol. The third-order valence-electron chi connectivity index (χ3n) is 8.59. The Morgan fingerprint density at radius 2 is 1.86 bits per heavy atom. The number of amides is 4. The topological polar surface area (TPSA) is 155 Å². The fourth-order valence-electron chi connectivity index (χ4n) is 6.14. The molecule has 232 valence electrons. The van der Waals surface area contributed by atoms with E-state index in [2.05, 4.69) is 10.6 Å². The van der Waals surface area contributed by atoms with Crippen LogP contribution >= 0.6 is 0 Å². The summed E-state index contributed by atoms with van der Waals surface area (Å²) in [4.78, 5) is 67.9. The molecule has 0 aromatic heterocycles. The molecule has 2 fully saturated rings. The van der Waals surface area contributed by atoms with Crippen LogP contribution in [0.3, 0.4) is 0 Å². The molecule has 4 aliphatic rings. The van der Waals surface area contributed by atoms with Crippen LogP contribution in [0.4, 0.5) is 14.0 Å². The van der Waals surface area contributed by atoms with E-state index in [-0.39, 0.29) is 31.7 Å². The van der Waals surface area contributed by atoms with Crippen molar-refractivity contribution in [2.45, 2.75) is 81.8 Å². The predicted octanol–water partition coefficient (Wildman–Crippen LogP) is 2.65. The number of fused-ring (bicyclic) bond motifs is 3. The molecule has 13 heteroatoms. The Bertz CT molecular complexity index is 1270. The lowest BCUT2D eigenvalue weighted by Crippen LogP contribution is -2.56. The standard InChI is InChI=1S/C30H37FN4O8/c31-12-13-42-28(40)32-23-11-5-3-1-2-4-10-21-15-30(21,27(38)39)33-25(36)24-14-22(18-35(24)26(23)37)43-29(41)34-16-19-8-6-7-9-20(19)17-34/h4,6-10,21-24H,1-3,5,11-18H2,(H,32,40)(H,33,36)(H,38,39)/b10-4-/t21-,22+,23-,24-,30+/m0/s1. The van der Waals surface area contributed by atoms with Gasteiger partial charge >= 0.3 is 18.2 Å². The van der Waals surface area contributed by atoms with Crippen molar-refractivity contribution >= 4 is 30.0 Å². The van der Waals surface area contributed by atoms with Crippen LogP contribution in [0.2, 0.25) is 0 Å². The number of carbonyl (C=O) groups is 5. The van der Waals surface area contributed by atoms with Gasteiger partial charge in [0.1, 0.15) is 37.0 Å². The number of allylic oxidation sites excluding steroid dienone is 1. The number of carbonyl (C=O) groups excluding carboxylic acids is 4. The summed E-state index contributed by atoms with van der Waals surface area (Å²) in [5.74, 6) is -2.81. The van der Waals surface area contributed by atoms with Crippen LogP contribution in [-0.4, -0.2) is 88.4 Å². The summed E-state index contributed by atoms with van der Waals surface area (Å²) in [7, 11) is 0. The van der Waals surface area contributed by atoms with Gasteiger partial charge in [0.2, 0.25) is 11.8 Å².